The van der Waals surface area contributed by atoms with Crippen LogP contribution in [0.5, 0.6) is 12.0 Å². The molecule has 16 nitrogen and oxygen atoms in total. The molecule has 0 atom stereocenters. The molecule has 0 saturated carbocycles. The van der Waals surface area contributed by atoms with E-state index in [9.17, 15) is 0 Å². The van der Waals surface area contributed by atoms with E-state index in [-0.39, 0.29) is 18.3 Å². The molecule has 0 aliphatic carbocycles. The van der Waals surface area contributed by atoms with Crippen molar-refractivity contribution in [3.8, 4) is 23.1 Å². The number of aryl methyl sites for hydroxylation is 2. The van der Waals surface area contributed by atoms with Gasteiger partial charge < -0.3 is 30.2 Å². The van der Waals surface area contributed by atoms with Gasteiger partial charge in [-0.2, -0.15) is 9.97 Å². The zero-order valence-corrected chi connectivity index (χ0v) is 46.1. The molecule has 11 rings (SSSR count). The summed E-state index contributed by atoms with van der Waals surface area (Å²) in [7, 11) is 2.94. The Morgan fingerprint density at radius 1 is 0.568 bits per heavy atom. The lowest BCUT2D eigenvalue weighted by molar-refractivity contribution is 0.00578. The highest BCUT2D eigenvalue weighted by Gasteiger charge is 2.52. The number of anilines is 2. The Morgan fingerprint density at radius 3 is 1.57 bits per heavy atom. The van der Waals surface area contributed by atoms with E-state index in [4.69, 9.17) is 30.2 Å². The van der Waals surface area contributed by atoms with Gasteiger partial charge >= 0.3 is 7.12 Å². The van der Waals surface area contributed by atoms with Crippen molar-refractivity contribution in [3.63, 3.8) is 0 Å². The van der Waals surface area contributed by atoms with Gasteiger partial charge in [0.15, 0.2) is 34.0 Å². The third kappa shape index (κ3) is 11.8. The summed E-state index contributed by atoms with van der Waals surface area (Å²) in [5.74, 6) is 1.97. The van der Waals surface area contributed by atoms with Crippen molar-refractivity contribution in [3.05, 3.63) is 135 Å². The van der Waals surface area contributed by atoms with E-state index in [0.29, 0.717) is 70.7 Å². The van der Waals surface area contributed by atoms with Gasteiger partial charge in [-0.3, -0.25) is 18.9 Å². The Morgan fingerprint density at radius 2 is 1.04 bits per heavy atom. The zero-order chi connectivity index (χ0) is 52.1. The fraction of sp³-hybridized carbons (Fsp3) is 0.393. The van der Waals surface area contributed by atoms with E-state index in [1.807, 2.05) is 29.0 Å². The topological polar surface area (TPSA) is 183 Å². The molecule has 4 aromatic heterocycles. The van der Waals surface area contributed by atoms with E-state index in [1.54, 1.807) is 14.2 Å². The molecule has 3 aliphatic heterocycles. The summed E-state index contributed by atoms with van der Waals surface area (Å²) in [5, 5.41) is 0. The van der Waals surface area contributed by atoms with E-state index < -0.39 is 0 Å². The largest absolute Gasteiger partial charge is 0.495 e. The maximum Gasteiger partial charge on any atom is 0.495 e. The van der Waals surface area contributed by atoms with Gasteiger partial charge in [0.25, 0.3) is 12.0 Å². The van der Waals surface area contributed by atoms with E-state index >= 15 is 0 Å². The van der Waals surface area contributed by atoms with Crippen LogP contribution in [-0.4, -0.2) is 108 Å². The molecule has 18 heteroatoms. The summed E-state index contributed by atoms with van der Waals surface area (Å²) in [6, 6.07) is 35.1. The summed E-state index contributed by atoms with van der Waals surface area (Å²) in [5.41, 5.74) is 22.6. The number of ether oxygens (including phenoxy) is 2. The zero-order valence-electron chi connectivity index (χ0n) is 43.9. The van der Waals surface area contributed by atoms with Crippen molar-refractivity contribution >= 4 is 69.1 Å². The molecule has 386 valence electrons. The van der Waals surface area contributed by atoms with Gasteiger partial charge in [-0.1, -0.05) is 78.9 Å². The van der Waals surface area contributed by atoms with Crippen LogP contribution < -0.4 is 26.4 Å². The van der Waals surface area contributed by atoms with Gasteiger partial charge in [0, 0.05) is 16.7 Å². The van der Waals surface area contributed by atoms with E-state index in [2.05, 4.69) is 181 Å². The van der Waals surface area contributed by atoms with E-state index in [0.717, 1.165) is 24.2 Å². The highest BCUT2D eigenvalue weighted by Crippen LogP contribution is 2.37. The predicted molar refractivity (Wildman–Crippen MR) is 302 cm³/mol. The molecule has 0 spiro atoms. The van der Waals surface area contributed by atoms with Crippen LogP contribution in [0.2, 0.25) is 0 Å². The number of halogens is 1. The number of benzene rings is 4. The Kier molecular flexibility index (Phi) is 16.2. The number of rotatable bonds is 12. The van der Waals surface area contributed by atoms with Crippen molar-refractivity contribution in [1.82, 2.24) is 48.8 Å². The first-order valence-corrected chi connectivity index (χ1v) is 26.6. The smallest absolute Gasteiger partial charge is 0.468 e. The summed E-state index contributed by atoms with van der Waals surface area (Å²) in [6.07, 6.45) is 5.23. The summed E-state index contributed by atoms with van der Waals surface area (Å²) in [4.78, 5) is 31.4. The molecule has 3 saturated heterocycles. The number of aromatic nitrogens is 8. The minimum absolute atomic E-state index is 0.256. The quantitative estimate of drug-likeness (QED) is 0.0873. The second-order valence-electron chi connectivity index (χ2n) is 20.3. The summed E-state index contributed by atoms with van der Waals surface area (Å²) >= 11 is 2.29. The third-order valence-corrected chi connectivity index (χ3v) is 15.0. The van der Waals surface area contributed by atoms with Gasteiger partial charge in [-0.15, -0.1) is 0 Å². The average Bonchev–Trinajstić information content (AvgIpc) is 4.24. The van der Waals surface area contributed by atoms with Gasteiger partial charge in [-0.25, -0.2) is 19.9 Å². The molecule has 7 heterocycles. The lowest BCUT2D eigenvalue weighted by Crippen LogP contribution is -2.41. The number of fused-ring (bicyclic) bond motifs is 2. The number of imidazole rings is 2. The Labute approximate surface area is 448 Å². The Balaban J connectivity index is 0.000000141. The predicted octanol–water partition coefficient (Wildman–Crippen LogP) is 9.00. The van der Waals surface area contributed by atoms with E-state index in [1.165, 1.54) is 83.1 Å². The fourth-order valence-corrected chi connectivity index (χ4v) is 10.5. The lowest BCUT2D eigenvalue weighted by atomic mass is 9.76. The lowest BCUT2D eigenvalue weighted by Gasteiger charge is -2.32. The van der Waals surface area contributed by atoms with Crippen LogP contribution in [0.3, 0.4) is 0 Å². The van der Waals surface area contributed by atoms with Crippen molar-refractivity contribution in [2.45, 2.75) is 105 Å². The number of hydrogen-bond acceptors (Lipinski definition) is 14. The number of nitrogens with zero attached hydrogens (tertiary/aromatic N) is 10. The second kappa shape index (κ2) is 22.7. The molecule has 0 bridgehead atoms. The Hall–Kier alpha value is -6.19. The molecule has 3 fully saturated rings. The highest BCUT2D eigenvalue weighted by molar-refractivity contribution is 14.1. The van der Waals surface area contributed by atoms with Crippen molar-refractivity contribution < 1.29 is 18.8 Å². The molecular weight excluding hydrogens is 1040 g/mol. The van der Waals surface area contributed by atoms with Crippen molar-refractivity contribution in [2.24, 2.45) is 0 Å². The number of hydrogen-bond donors (Lipinski definition) is 2. The monoisotopic (exact) mass is 1110 g/mol. The summed E-state index contributed by atoms with van der Waals surface area (Å²) < 4.78 is 28.4. The van der Waals surface area contributed by atoms with Crippen LogP contribution >= 0.6 is 22.6 Å². The standard InChI is InChI=1S/C25H28N6O.C17H26BNO2.C14H14IN5O/c1-17-27-23(26)22-24(28-17)31(25(29-22)32-2)15-18-8-7-10-19(14-18)21-11-4-3-9-20(21)16-30-12-5-6-13-30;1-16(2)17(3,4)21-18(20-16)15-10-6-5-9-14(15)13-19-11-7-8-12-19;1-8-17-12(16)11-13(18-8)20(14(19-11)21-2)7-9-4-3-5-10(15)6-9/h3-4,7-11,14H,5-6,12-13,15-16H2,1-2H3,(H2,26,27,28);5-6,9-10H,7-8,11-13H2,1-4H3;3-6H,7H2,1-2H3,(H2,16,17,18). The van der Waals surface area contributed by atoms with Crippen LogP contribution in [0.25, 0.3) is 33.5 Å². The number of likely N-dealkylation sites (tertiary alicyclic amines) is 2. The SMILES string of the molecule is CC1(C)OB(c2ccccc2CN2CCCC2)OC1(C)C.COc1nc2c(N)nc(C)nc2n1Cc1cccc(-c2ccccc2CN2CCCC2)c1.COc1nc2c(N)nc(C)nc2n1Cc1cccc(I)c1. The van der Waals surface area contributed by atoms with Gasteiger partial charge in [-0.05, 0) is 173 Å². The summed E-state index contributed by atoms with van der Waals surface area (Å²) in [6.45, 7) is 20.1. The number of nitrogens with two attached hydrogens (primary N) is 2. The normalized spacial score (nSPS) is 16.3. The molecular formula is C56H68BIN12O4. The molecule has 0 amide bonds. The molecule has 3 aliphatic rings. The van der Waals surface area contributed by atoms with Gasteiger partial charge in [0.2, 0.25) is 0 Å². The van der Waals surface area contributed by atoms with Gasteiger partial charge in [0.1, 0.15) is 11.6 Å². The first-order chi connectivity index (χ1) is 35.6. The van der Waals surface area contributed by atoms with Crippen molar-refractivity contribution in [2.75, 3.05) is 51.9 Å². The highest BCUT2D eigenvalue weighted by atomic mass is 127. The fourth-order valence-electron chi connectivity index (χ4n) is 9.85. The third-order valence-electron chi connectivity index (χ3n) is 14.3. The first-order valence-electron chi connectivity index (χ1n) is 25.5. The van der Waals surface area contributed by atoms with Crippen LogP contribution in [0, 0.1) is 17.4 Å². The Bertz CT molecular complexity index is 3220. The molecule has 0 radical (unpaired) electrons. The average molecular weight is 1110 g/mol. The number of nitrogen functional groups attached to an aromatic ring is 2. The maximum absolute atomic E-state index is 6.21. The number of methoxy groups -OCH3 is 2. The van der Waals surface area contributed by atoms with Crippen LogP contribution in [0.1, 0.15) is 87.3 Å². The second-order valence-corrected chi connectivity index (χ2v) is 21.5. The minimum atomic E-state index is -0.279. The van der Waals surface area contributed by atoms with Gasteiger partial charge in [0.05, 0.1) is 38.5 Å². The first kappa shape index (κ1) is 52.7. The molecule has 74 heavy (non-hydrogen) atoms. The molecule has 4 aromatic carbocycles. The minimum Gasteiger partial charge on any atom is -0.468 e. The van der Waals surface area contributed by atoms with Crippen LogP contribution in [-0.2, 0) is 35.5 Å². The van der Waals surface area contributed by atoms with Crippen molar-refractivity contribution in [1.29, 1.82) is 0 Å². The molecule has 0 unspecified atom stereocenters. The molecule has 4 N–H and O–H groups in total. The molecule has 8 aromatic rings. The van der Waals surface area contributed by atoms with Crippen LogP contribution in [0.4, 0.5) is 11.6 Å². The maximum atomic E-state index is 6.21. The van der Waals surface area contributed by atoms with Crippen LogP contribution in [0.15, 0.2) is 97.1 Å².